The lowest BCUT2D eigenvalue weighted by atomic mass is 9.87. The van der Waals surface area contributed by atoms with E-state index in [9.17, 15) is 4.39 Å². The van der Waals surface area contributed by atoms with Crippen LogP contribution in [0, 0.1) is 5.82 Å². The maximum atomic E-state index is 14.3. The first-order chi connectivity index (χ1) is 13.3. The van der Waals surface area contributed by atoms with Gasteiger partial charge in [0, 0.05) is 12.6 Å². The van der Waals surface area contributed by atoms with E-state index in [1.54, 1.807) is 36.3 Å². The van der Waals surface area contributed by atoms with E-state index in [1.807, 2.05) is 6.07 Å². The Bertz CT molecular complexity index is 1140. The molecule has 0 saturated carbocycles. The summed E-state index contributed by atoms with van der Waals surface area (Å²) < 4.78 is 23.2. The van der Waals surface area contributed by atoms with Crippen molar-refractivity contribution in [3.63, 3.8) is 0 Å². The van der Waals surface area contributed by atoms with Crippen LogP contribution in [0.1, 0.15) is 32.2 Å². The van der Waals surface area contributed by atoms with Crippen molar-refractivity contribution in [3.8, 4) is 11.6 Å². The van der Waals surface area contributed by atoms with Gasteiger partial charge < -0.3 is 4.74 Å². The van der Waals surface area contributed by atoms with Crippen LogP contribution in [0.4, 0.5) is 4.39 Å². The number of para-hydroxylation sites is 1. The van der Waals surface area contributed by atoms with E-state index >= 15 is 0 Å². The van der Waals surface area contributed by atoms with Crippen LogP contribution in [0.25, 0.3) is 16.9 Å². The molecule has 9 heteroatoms. The van der Waals surface area contributed by atoms with Crippen molar-refractivity contribution in [1.82, 2.24) is 34.7 Å². The number of pyridine rings is 1. The SMILES string of the molecule is Cn1cnc(COc2nc3c(cc2C(C)(C)C)nnn3-c2ccccc2F)n1. The lowest BCUT2D eigenvalue weighted by Crippen LogP contribution is -2.15. The molecule has 0 aliphatic carbocycles. The molecule has 28 heavy (non-hydrogen) atoms. The average Bonchev–Trinajstić information content (AvgIpc) is 3.24. The quantitative estimate of drug-likeness (QED) is 0.540. The second-order valence-electron chi connectivity index (χ2n) is 7.51. The van der Waals surface area contributed by atoms with Gasteiger partial charge in [-0.2, -0.15) is 14.8 Å². The molecule has 0 atom stereocenters. The van der Waals surface area contributed by atoms with E-state index in [-0.39, 0.29) is 17.7 Å². The molecule has 0 N–H and O–H groups in total. The Balaban J connectivity index is 1.81. The molecule has 0 aliphatic heterocycles. The third kappa shape index (κ3) is 3.30. The van der Waals surface area contributed by atoms with Crippen LogP contribution in [0.15, 0.2) is 36.7 Å². The first kappa shape index (κ1) is 18.0. The van der Waals surface area contributed by atoms with Crippen molar-refractivity contribution in [2.24, 2.45) is 7.05 Å². The van der Waals surface area contributed by atoms with E-state index in [4.69, 9.17) is 4.74 Å². The van der Waals surface area contributed by atoms with Crippen molar-refractivity contribution in [2.45, 2.75) is 32.8 Å². The fourth-order valence-corrected chi connectivity index (χ4v) is 2.86. The molecular formula is C19H20FN7O. The van der Waals surface area contributed by atoms with Gasteiger partial charge >= 0.3 is 0 Å². The Hall–Kier alpha value is -3.36. The van der Waals surface area contributed by atoms with Crippen LogP contribution in [0.2, 0.25) is 0 Å². The van der Waals surface area contributed by atoms with Gasteiger partial charge in [-0.15, -0.1) is 5.10 Å². The molecule has 8 nitrogen and oxygen atoms in total. The minimum absolute atomic E-state index is 0.170. The highest BCUT2D eigenvalue weighted by molar-refractivity contribution is 5.74. The standard InChI is InChI=1S/C19H20FN7O/c1-19(2,3)12-9-14-17(22-18(12)28-10-16-21-11-26(4)24-16)27(25-23-14)15-8-6-5-7-13(15)20/h5-9,11H,10H2,1-4H3. The molecule has 0 saturated heterocycles. The fourth-order valence-electron chi connectivity index (χ4n) is 2.86. The van der Waals surface area contributed by atoms with E-state index in [0.29, 0.717) is 22.9 Å². The summed E-state index contributed by atoms with van der Waals surface area (Å²) in [7, 11) is 1.79. The molecule has 4 rings (SSSR count). The highest BCUT2D eigenvalue weighted by Gasteiger charge is 2.24. The molecule has 0 spiro atoms. The number of nitrogens with zero attached hydrogens (tertiary/aromatic N) is 7. The Morgan fingerprint density at radius 2 is 1.96 bits per heavy atom. The number of benzene rings is 1. The van der Waals surface area contributed by atoms with Crippen LogP contribution >= 0.6 is 0 Å². The molecule has 0 radical (unpaired) electrons. The van der Waals surface area contributed by atoms with Gasteiger partial charge in [-0.05, 0) is 23.6 Å². The summed E-state index contributed by atoms with van der Waals surface area (Å²) in [6, 6.07) is 8.24. The van der Waals surface area contributed by atoms with E-state index in [0.717, 1.165) is 5.56 Å². The van der Waals surface area contributed by atoms with Crippen LogP contribution in [0.3, 0.4) is 0 Å². The van der Waals surface area contributed by atoms with Gasteiger partial charge in [-0.1, -0.05) is 38.1 Å². The smallest absolute Gasteiger partial charge is 0.219 e. The number of fused-ring (bicyclic) bond motifs is 1. The third-order valence-corrected chi connectivity index (χ3v) is 4.26. The maximum absolute atomic E-state index is 14.3. The van der Waals surface area contributed by atoms with Gasteiger partial charge in [0.05, 0.1) is 0 Å². The van der Waals surface area contributed by atoms with Crippen molar-refractivity contribution in [2.75, 3.05) is 0 Å². The van der Waals surface area contributed by atoms with Gasteiger partial charge in [0.15, 0.2) is 18.1 Å². The van der Waals surface area contributed by atoms with Crippen molar-refractivity contribution < 1.29 is 9.13 Å². The van der Waals surface area contributed by atoms with Gasteiger partial charge in [0.1, 0.15) is 23.3 Å². The molecule has 144 valence electrons. The van der Waals surface area contributed by atoms with Gasteiger partial charge in [-0.25, -0.2) is 9.37 Å². The number of hydrogen-bond donors (Lipinski definition) is 0. The first-order valence-corrected chi connectivity index (χ1v) is 8.82. The topological polar surface area (TPSA) is 83.5 Å². The molecule has 0 aliphatic rings. The third-order valence-electron chi connectivity index (χ3n) is 4.26. The van der Waals surface area contributed by atoms with E-state index < -0.39 is 5.82 Å². The molecule has 0 amide bonds. The lowest BCUT2D eigenvalue weighted by molar-refractivity contribution is 0.276. The molecular weight excluding hydrogens is 361 g/mol. The van der Waals surface area contributed by atoms with Gasteiger partial charge in [0.25, 0.3) is 0 Å². The normalized spacial score (nSPS) is 11.9. The summed E-state index contributed by atoms with van der Waals surface area (Å²) >= 11 is 0. The second kappa shape index (κ2) is 6.66. The highest BCUT2D eigenvalue weighted by Crippen LogP contribution is 2.33. The molecule has 0 bridgehead atoms. The molecule has 0 fully saturated rings. The fraction of sp³-hybridized carbons (Fsp3) is 0.316. The summed E-state index contributed by atoms with van der Waals surface area (Å²) in [6.07, 6.45) is 1.61. The molecule has 4 aromatic rings. The zero-order valence-electron chi connectivity index (χ0n) is 16.1. The maximum Gasteiger partial charge on any atom is 0.219 e. The minimum Gasteiger partial charge on any atom is -0.469 e. The highest BCUT2D eigenvalue weighted by atomic mass is 19.1. The predicted octanol–water partition coefficient (Wildman–Crippen LogP) is 2.96. The Kier molecular flexibility index (Phi) is 4.29. The van der Waals surface area contributed by atoms with Crippen LogP contribution in [-0.4, -0.2) is 34.7 Å². The van der Waals surface area contributed by atoms with Crippen molar-refractivity contribution in [1.29, 1.82) is 0 Å². The van der Waals surface area contributed by atoms with Crippen molar-refractivity contribution >= 4 is 11.2 Å². The number of ether oxygens (including phenoxy) is 1. The number of rotatable bonds is 4. The summed E-state index contributed by atoms with van der Waals surface area (Å²) in [5.41, 5.74) is 1.89. The van der Waals surface area contributed by atoms with E-state index in [2.05, 4.69) is 46.1 Å². The predicted molar refractivity (Wildman–Crippen MR) is 101 cm³/mol. The number of halogens is 1. The summed E-state index contributed by atoms with van der Waals surface area (Å²) in [6.45, 7) is 6.35. The Morgan fingerprint density at radius 3 is 2.64 bits per heavy atom. The molecule has 3 heterocycles. The Labute approximate surface area is 161 Å². The largest absolute Gasteiger partial charge is 0.469 e. The summed E-state index contributed by atoms with van der Waals surface area (Å²) in [5, 5.41) is 12.5. The monoisotopic (exact) mass is 381 g/mol. The zero-order valence-corrected chi connectivity index (χ0v) is 16.1. The van der Waals surface area contributed by atoms with Crippen LogP contribution < -0.4 is 4.74 Å². The average molecular weight is 381 g/mol. The minimum atomic E-state index is -0.406. The van der Waals surface area contributed by atoms with Crippen LogP contribution in [-0.2, 0) is 19.1 Å². The van der Waals surface area contributed by atoms with Gasteiger partial charge in [-0.3, -0.25) is 4.68 Å². The van der Waals surface area contributed by atoms with Crippen LogP contribution in [0.5, 0.6) is 5.88 Å². The summed E-state index contributed by atoms with van der Waals surface area (Å²) in [4.78, 5) is 8.80. The number of aryl methyl sites for hydroxylation is 1. The summed E-state index contributed by atoms with van der Waals surface area (Å²) in [5.74, 6) is 0.563. The number of hydrogen-bond acceptors (Lipinski definition) is 6. The lowest BCUT2D eigenvalue weighted by Gasteiger charge is -2.21. The molecule has 0 unspecified atom stereocenters. The van der Waals surface area contributed by atoms with Crippen molar-refractivity contribution in [3.05, 3.63) is 53.9 Å². The second-order valence-corrected chi connectivity index (χ2v) is 7.51. The van der Waals surface area contributed by atoms with E-state index in [1.165, 1.54) is 10.7 Å². The molecule has 3 aromatic heterocycles. The molecule has 1 aromatic carbocycles. The van der Waals surface area contributed by atoms with Gasteiger partial charge in [0.2, 0.25) is 5.88 Å². The zero-order chi connectivity index (χ0) is 19.9. The number of aromatic nitrogens is 7. The first-order valence-electron chi connectivity index (χ1n) is 8.82. The Morgan fingerprint density at radius 1 is 1.18 bits per heavy atom.